The molecule has 5 rings (SSSR count). The van der Waals surface area contributed by atoms with E-state index < -0.39 is 17.0 Å². The van der Waals surface area contributed by atoms with E-state index in [4.69, 9.17) is 4.74 Å². The highest BCUT2D eigenvalue weighted by atomic mass is 32.2. The van der Waals surface area contributed by atoms with Crippen LogP contribution in [-0.4, -0.2) is 82.7 Å². The van der Waals surface area contributed by atoms with Gasteiger partial charge in [-0.15, -0.1) is 0 Å². The highest BCUT2D eigenvalue weighted by Crippen LogP contribution is 2.33. The normalized spacial score (nSPS) is 19.9. The molecule has 2 saturated heterocycles. The van der Waals surface area contributed by atoms with Crippen LogP contribution in [0.15, 0.2) is 63.3 Å². The van der Waals surface area contributed by atoms with E-state index in [0.29, 0.717) is 48.0 Å². The monoisotopic (exact) mass is 566 g/mol. The first kappa shape index (κ1) is 26.7. The summed E-state index contributed by atoms with van der Waals surface area (Å²) >= 11 is 1.97. The molecule has 12 heteroatoms. The second kappa shape index (κ2) is 11.5. The summed E-state index contributed by atoms with van der Waals surface area (Å²) in [5.41, 5.74) is 1.05. The smallest absolute Gasteiger partial charge is 0.294 e. The maximum atomic E-state index is 14.0. The first-order valence-corrected chi connectivity index (χ1v) is 13.6. The van der Waals surface area contributed by atoms with Gasteiger partial charge in [-0.05, 0) is 59.4 Å². The van der Waals surface area contributed by atoms with Gasteiger partial charge in [0.05, 0.1) is 16.9 Å². The van der Waals surface area contributed by atoms with Crippen LogP contribution in [0.4, 0.5) is 9.18 Å². The minimum Gasteiger partial charge on any atom is -0.497 e. The summed E-state index contributed by atoms with van der Waals surface area (Å²) in [5.74, 6) is -1.07. The van der Waals surface area contributed by atoms with E-state index in [0.717, 1.165) is 16.2 Å². The number of hydrogen-bond acceptors (Lipinski definition) is 8. The number of amides is 4. The quantitative estimate of drug-likeness (QED) is 0.506. The lowest BCUT2D eigenvalue weighted by atomic mass is 10.2. The molecule has 0 atom stereocenters. The number of thioether (sulfide) groups is 2. The molecule has 0 bridgehead atoms. The van der Waals surface area contributed by atoms with Gasteiger partial charge in [-0.2, -0.15) is 4.99 Å². The van der Waals surface area contributed by atoms with Gasteiger partial charge in [0.1, 0.15) is 18.1 Å². The Morgan fingerprint density at radius 3 is 2.38 bits per heavy atom. The van der Waals surface area contributed by atoms with E-state index in [1.165, 1.54) is 36.0 Å². The van der Waals surface area contributed by atoms with Crippen molar-refractivity contribution >= 4 is 63.8 Å². The van der Waals surface area contributed by atoms with Gasteiger partial charge in [-0.25, -0.2) is 4.39 Å². The van der Waals surface area contributed by atoms with E-state index in [2.05, 4.69) is 4.99 Å². The van der Waals surface area contributed by atoms with E-state index in [-0.39, 0.29) is 28.8 Å². The molecule has 0 N–H and O–H groups in total. The number of nitrogens with zero attached hydrogens (tertiary/aromatic N) is 4. The number of benzene rings is 2. The largest absolute Gasteiger partial charge is 0.497 e. The molecule has 3 aliphatic rings. The number of amidine groups is 1. The van der Waals surface area contributed by atoms with E-state index in [9.17, 15) is 23.6 Å². The average Bonchev–Trinajstić information content (AvgIpc) is 3.44. The Hall–Kier alpha value is -3.90. The lowest BCUT2D eigenvalue weighted by Crippen LogP contribution is -2.52. The molecule has 2 aromatic carbocycles. The Kier molecular flexibility index (Phi) is 7.84. The topological polar surface area (TPSA) is 99.6 Å². The predicted molar refractivity (Wildman–Crippen MR) is 148 cm³/mol. The van der Waals surface area contributed by atoms with Gasteiger partial charge >= 0.3 is 0 Å². The summed E-state index contributed by atoms with van der Waals surface area (Å²) in [5, 5.41) is 0.0112. The average molecular weight is 567 g/mol. The highest BCUT2D eigenvalue weighted by Gasteiger charge is 2.38. The molecule has 3 heterocycles. The molecule has 0 saturated carbocycles. The summed E-state index contributed by atoms with van der Waals surface area (Å²) in [6, 6.07) is 13.3. The summed E-state index contributed by atoms with van der Waals surface area (Å²) in [4.78, 5) is 59.7. The molecule has 200 valence electrons. The number of ether oxygens (including phenoxy) is 1. The number of carbonyl (C=O) groups is 4. The number of piperazine rings is 1. The SMILES string of the molecule is COc1ccc(C=C2SC(N3CCN(C(=O)CN4C(=O)SC(=Cc5ccccc5F)C4=O)CC3)=NC2=O)cc1. The fourth-order valence-corrected chi connectivity index (χ4v) is 5.93. The van der Waals surface area contributed by atoms with Crippen LogP contribution in [0.3, 0.4) is 0 Å². The van der Waals surface area contributed by atoms with Crippen LogP contribution >= 0.6 is 23.5 Å². The lowest BCUT2D eigenvalue weighted by Gasteiger charge is -2.35. The van der Waals surface area contributed by atoms with Gasteiger partial charge in [0.2, 0.25) is 5.91 Å². The Balaban J connectivity index is 1.15. The zero-order chi connectivity index (χ0) is 27.5. The maximum absolute atomic E-state index is 14.0. The number of carbonyl (C=O) groups excluding carboxylic acids is 4. The van der Waals surface area contributed by atoms with Gasteiger partial charge in [-0.3, -0.25) is 24.1 Å². The van der Waals surface area contributed by atoms with Crippen LogP contribution < -0.4 is 4.74 Å². The second-order valence-corrected chi connectivity index (χ2v) is 10.7. The predicted octanol–water partition coefficient (Wildman–Crippen LogP) is 3.69. The zero-order valence-electron chi connectivity index (χ0n) is 20.8. The molecule has 39 heavy (non-hydrogen) atoms. The summed E-state index contributed by atoms with van der Waals surface area (Å²) in [6.45, 7) is 1.23. The molecule has 0 aromatic heterocycles. The Morgan fingerprint density at radius 1 is 0.974 bits per heavy atom. The molecule has 4 amide bonds. The first-order valence-electron chi connectivity index (χ1n) is 12.0. The molecule has 2 fully saturated rings. The molecule has 2 aromatic rings. The third-order valence-corrected chi connectivity index (χ3v) is 8.24. The fraction of sp³-hybridized carbons (Fsp3) is 0.222. The Morgan fingerprint density at radius 2 is 1.69 bits per heavy atom. The van der Waals surface area contributed by atoms with Crippen molar-refractivity contribution < 1.29 is 28.3 Å². The zero-order valence-corrected chi connectivity index (χ0v) is 22.5. The number of aliphatic imine (C=N–C) groups is 1. The molecular formula is C27H23FN4O5S2. The minimum absolute atomic E-state index is 0.0714. The highest BCUT2D eigenvalue weighted by molar-refractivity contribution is 8.18. The summed E-state index contributed by atoms with van der Waals surface area (Å²) in [6.07, 6.45) is 3.10. The van der Waals surface area contributed by atoms with Crippen molar-refractivity contribution in [3.05, 3.63) is 75.3 Å². The number of hydrogen-bond donors (Lipinski definition) is 0. The van der Waals surface area contributed by atoms with Gasteiger partial charge in [0.15, 0.2) is 5.17 Å². The molecule has 0 spiro atoms. The Labute approximate surface area is 232 Å². The van der Waals surface area contributed by atoms with Gasteiger partial charge in [0.25, 0.3) is 17.1 Å². The summed E-state index contributed by atoms with van der Waals surface area (Å²) in [7, 11) is 1.59. The number of imide groups is 1. The van der Waals surface area contributed by atoms with E-state index in [1.807, 2.05) is 29.2 Å². The van der Waals surface area contributed by atoms with Gasteiger partial charge in [-0.1, -0.05) is 30.3 Å². The van der Waals surface area contributed by atoms with E-state index >= 15 is 0 Å². The number of halogens is 1. The van der Waals surface area contributed by atoms with Crippen LogP contribution in [0.2, 0.25) is 0 Å². The minimum atomic E-state index is -0.619. The summed E-state index contributed by atoms with van der Waals surface area (Å²) < 4.78 is 19.1. The van der Waals surface area contributed by atoms with Crippen molar-refractivity contribution in [1.82, 2.24) is 14.7 Å². The van der Waals surface area contributed by atoms with Crippen LogP contribution in [-0.2, 0) is 14.4 Å². The third-order valence-electron chi connectivity index (χ3n) is 6.28. The van der Waals surface area contributed by atoms with Crippen molar-refractivity contribution in [2.24, 2.45) is 4.99 Å². The van der Waals surface area contributed by atoms with Crippen molar-refractivity contribution in [3.63, 3.8) is 0 Å². The van der Waals surface area contributed by atoms with Crippen molar-refractivity contribution in [3.8, 4) is 5.75 Å². The number of rotatable bonds is 5. The molecule has 0 unspecified atom stereocenters. The molecular weight excluding hydrogens is 543 g/mol. The maximum Gasteiger partial charge on any atom is 0.294 e. The van der Waals surface area contributed by atoms with E-state index in [1.54, 1.807) is 24.2 Å². The Bertz CT molecular complexity index is 1430. The van der Waals surface area contributed by atoms with Crippen molar-refractivity contribution in [1.29, 1.82) is 0 Å². The lowest BCUT2D eigenvalue weighted by molar-refractivity contribution is -0.136. The standard InChI is InChI=1S/C27H23FN4O5S2/c1-37-19-8-6-17(7-9-19)14-21-24(34)29-26(38-21)31-12-10-30(11-13-31)23(33)16-32-25(35)22(39-27(32)36)15-18-4-2-3-5-20(18)28/h2-9,14-15H,10-13,16H2,1H3. The third kappa shape index (κ3) is 5.91. The van der Waals surface area contributed by atoms with Crippen molar-refractivity contribution in [2.45, 2.75) is 0 Å². The van der Waals surface area contributed by atoms with Gasteiger partial charge < -0.3 is 14.5 Å². The molecule has 3 aliphatic heterocycles. The van der Waals surface area contributed by atoms with Gasteiger partial charge in [0, 0.05) is 31.7 Å². The van der Waals surface area contributed by atoms with Crippen molar-refractivity contribution in [2.75, 3.05) is 39.8 Å². The fourth-order valence-electron chi connectivity index (χ4n) is 4.14. The van der Waals surface area contributed by atoms with Crippen LogP contribution in [0, 0.1) is 5.82 Å². The second-order valence-electron chi connectivity index (χ2n) is 8.74. The molecule has 0 radical (unpaired) electrons. The van der Waals surface area contributed by atoms with Crippen LogP contribution in [0.25, 0.3) is 12.2 Å². The number of methoxy groups -OCH3 is 1. The molecule has 0 aliphatic carbocycles. The molecule has 9 nitrogen and oxygen atoms in total. The first-order chi connectivity index (χ1) is 18.8. The van der Waals surface area contributed by atoms with Crippen LogP contribution in [0.5, 0.6) is 5.75 Å². The van der Waals surface area contributed by atoms with Crippen LogP contribution in [0.1, 0.15) is 11.1 Å².